The van der Waals surface area contributed by atoms with Crippen molar-refractivity contribution in [3.8, 4) is 17.1 Å². The number of hydrogen-bond acceptors (Lipinski definition) is 9. The smallest absolute Gasteiger partial charge is 0.324 e. The zero-order valence-electron chi connectivity index (χ0n) is 22.5. The van der Waals surface area contributed by atoms with Crippen molar-refractivity contribution in [3.05, 3.63) is 53.9 Å². The normalized spacial score (nSPS) is 17.8. The average molecular weight is 537 g/mol. The van der Waals surface area contributed by atoms with Gasteiger partial charge in [0.1, 0.15) is 5.75 Å². The second-order valence-electron chi connectivity index (χ2n) is 9.96. The molecule has 1 atom stereocenters. The second kappa shape index (κ2) is 13.7. The molecule has 2 aliphatic rings. The van der Waals surface area contributed by atoms with Crippen LogP contribution in [0.15, 0.2) is 47.1 Å². The Morgan fingerprint density at radius 2 is 1.90 bits per heavy atom. The standard InChI is InChI=1S/C27H34N6O3.CH2O2/c1-19-3-6-23(28-15-19)18-32-12-9-20(17-32)16-29-26(34)22-10-13-33(14-11-22)27-30-25(31-36-27)21-4-7-24(35-2)8-5-21;2-1-3/h3-8,15,20,22H,9-14,16-18H2,1-2H3,(H,29,34);1H,(H,2,3). The Kier molecular flexibility index (Phi) is 9.85. The highest BCUT2D eigenvalue weighted by atomic mass is 16.5. The minimum absolute atomic E-state index is 0.0273. The van der Waals surface area contributed by atoms with Gasteiger partial charge < -0.3 is 24.6 Å². The number of likely N-dealkylation sites (tertiary alicyclic amines) is 1. The maximum Gasteiger partial charge on any atom is 0.324 e. The summed E-state index contributed by atoms with van der Waals surface area (Å²) >= 11 is 0. The minimum atomic E-state index is -0.250. The molecule has 208 valence electrons. The van der Waals surface area contributed by atoms with Crippen LogP contribution in [0.3, 0.4) is 0 Å². The first-order valence-corrected chi connectivity index (χ1v) is 13.2. The molecule has 2 N–H and O–H groups in total. The summed E-state index contributed by atoms with van der Waals surface area (Å²) in [5, 5.41) is 14.2. The molecule has 39 heavy (non-hydrogen) atoms. The summed E-state index contributed by atoms with van der Waals surface area (Å²) in [6.45, 7) is 6.93. The van der Waals surface area contributed by atoms with E-state index in [-0.39, 0.29) is 18.3 Å². The summed E-state index contributed by atoms with van der Waals surface area (Å²) in [6.07, 6.45) is 4.59. The molecule has 3 aromatic rings. The molecular weight excluding hydrogens is 500 g/mol. The Morgan fingerprint density at radius 3 is 2.56 bits per heavy atom. The fraction of sp³-hybridized carbons (Fsp3) is 0.464. The Balaban J connectivity index is 0.00000112. The summed E-state index contributed by atoms with van der Waals surface area (Å²) < 4.78 is 10.7. The van der Waals surface area contributed by atoms with E-state index in [1.807, 2.05) is 30.5 Å². The molecule has 2 saturated heterocycles. The summed E-state index contributed by atoms with van der Waals surface area (Å²) in [4.78, 5) is 34.8. The Labute approximate surface area is 228 Å². The van der Waals surface area contributed by atoms with Crippen LogP contribution in [-0.2, 0) is 16.1 Å². The monoisotopic (exact) mass is 536 g/mol. The lowest BCUT2D eigenvalue weighted by molar-refractivity contribution is -0.126. The van der Waals surface area contributed by atoms with Crippen molar-refractivity contribution >= 4 is 18.4 Å². The van der Waals surface area contributed by atoms with Crippen LogP contribution in [0.25, 0.3) is 11.4 Å². The number of pyridine rings is 1. The quantitative estimate of drug-likeness (QED) is 0.414. The van der Waals surface area contributed by atoms with Crippen molar-refractivity contribution in [3.63, 3.8) is 0 Å². The molecule has 0 bridgehead atoms. The number of ether oxygens (including phenoxy) is 1. The number of amides is 1. The van der Waals surface area contributed by atoms with Gasteiger partial charge in [-0.1, -0.05) is 11.2 Å². The highest BCUT2D eigenvalue weighted by Gasteiger charge is 2.29. The van der Waals surface area contributed by atoms with Gasteiger partial charge in [0, 0.05) is 50.4 Å². The molecule has 11 nitrogen and oxygen atoms in total. The fourth-order valence-corrected chi connectivity index (χ4v) is 4.97. The molecule has 1 unspecified atom stereocenters. The van der Waals surface area contributed by atoms with Gasteiger partial charge in [0.2, 0.25) is 11.7 Å². The molecule has 1 amide bonds. The Morgan fingerprint density at radius 1 is 1.15 bits per heavy atom. The van der Waals surface area contributed by atoms with Gasteiger partial charge in [-0.3, -0.25) is 19.5 Å². The molecule has 0 spiro atoms. The van der Waals surface area contributed by atoms with Crippen molar-refractivity contribution in [2.75, 3.05) is 44.7 Å². The van der Waals surface area contributed by atoms with Gasteiger partial charge in [-0.05, 0) is 74.5 Å². The number of nitrogens with one attached hydrogen (secondary N) is 1. The fourth-order valence-electron chi connectivity index (χ4n) is 4.97. The number of carboxylic acid groups (broad SMARTS) is 1. The van der Waals surface area contributed by atoms with E-state index in [1.165, 1.54) is 5.56 Å². The van der Waals surface area contributed by atoms with E-state index in [2.05, 4.69) is 49.3 Å². The minimum Gasteiger partial charge on any atom is -0.497 e. The molecule has 2 aromatic heterocycles. The molecule has 4 heterocycles. The zero-order valence-corrected chi connectivity index (χ0v) is 22.5. The molecule has 2 fully saturated rings. The van der Waals surface area contributed by atoms with E-state index in [1.54, 1.807) is 7.11 Å². The molecule has 0 saturated carbocycles. The number of methoxy groups -OCH3 is 1. The van der Waals surface area contributed by atoms with Crippen LogP contribution in [0.1, 0.15) is 30.5 Å². The largest absolute Gasteiger partial charge is 0.497 e. The lowest BCUT2D eigenvalue weighted by atomic mass is 9.96. The third-order valence-electron chi connectivity index (χ3n) is 7.19. The summed E-state index contributed by atoms with van der Waals surface area (Å²) in [6, 6.07) is 12.3. The first kappa shape index (κ1) is 28.0. The van der Waals surface area contributed by atoms with Gasteiger partial charge in [-0.2, -0.15) is 4.98 Å². The predicted molar refractivity (Wildman–Crippen MR) is 145 cm³/mol. The van der Waals surface area contributed by atoms with E-state index in [9.17, 15) is 4.79 Å². The van der Waals surface area contributed by atoms with Crippen molar-refractivity contribution in [1.29, 1.82) is 0 Å². The number of carbonyl (C=O) groups excluding carboxylic acids is 1. The average Bonchev–Trinajstić information content (AvgIpc) is 3.64. The summed E-state index contributed by atoms with van der Waals surface area (Å²) in [5.74, 6) is 2.02. The Bertz CT molecular complexity index is 1190. The van der Waals surface area contributed by atoms with Crippen LogP contribution in [0.4, 0.5) is 6.01 Å². The number of nitrogens with zero attached hydrogens (tertiary/aromatic N) is 5. The zero-order chi connectivity index (χ0) is 27.6. The number of rotatable bonds is 8. The number of aryl methyl sites for hydroxylation is 1. The van der Waals surface area contributed by atoms with Crippen LogP contribution in [0.5, 0.6) is 5.75 Å². The molecule has 0 radical (unpaired) electrons. The SMILES string of the molecule is COc1ccc(-c2noc(N3CCC(C(=O)NCC4CCN(Cc5ccc(C)cn5)C4)CC3)n2)cc1.O=CO. The summed E-state index contributed by atoms with van der Waals surface area (Å²) in [5.41, 5.74) is 3.16. The van der Waals surface area contributed by atoms with E-state index >= 15 is 0 Å². The topological polar surface area (TPSA) is 134 Å². The first-order chi connectivity index (χ1) is 19.0. The van der Waals surface area contributed by atoms with E-state index in [0.717, 1.165) is 75.5 Å². The highest BCUT2D eigenvalue weighted by molar-refractivity contribution is 5.79. The number of benzene rings is 1. The van der Waals surface area contributed by atoms with Crippen molar-refractivity contribution in [2.24, 2.45) is 11.8 Å². The molecule has 5 rings (SSSR count). The maximum absolute atomic E-state index is 12.8. The molecule has 0 aliphatic carbocycles. The van der Waals surface area contributed by atoms with E-state index in [4.69, 9.17) is 19.2 Å². The van der Waals surface area contributed by atoms with Gasteiger partial charge in [0.05, 0.1) is 12.8 Å². The van der Waals surface area contributed by atoms with E-state index < -0.39 is 0 Å². The number of hydrogen-bond donors (Lipinski definition) is 2. The predicted octanol–water partition coefficient (Wildman–Crippen LogP) is 3.00. The molecule has 2 aliphatic heterocycles. The number of anilines is 1. The van der Waals surface area contributed by atoms with Gasteiger partial charge in [0.15, 0.2) is 0 Å². The van der Waals surface area contributed by atoms with Gasteiger partial charge >= 0.3 is 6.01 Å². The Hall–Kier alpha value is -3.99. The van der Waals surface area contributed by atoms with E-state index in [0.29, 0.717) is 17.8 Å². The number of carbonyl (C=O) groups is 2. The van der Waals surface area contributed by atoms with Crippen molar-refractivity contribution in [1.82, 2.24) is 25.3 Å². The molecular formula is C28H36N6O5. The van der Waals surface area contributed by atoms with Crippen LogP contribution in [-0.4, -0.2) is 77.3 Å². The molecule has 1 aromatic carbocycles. The first-order valence-electron chi connectivity index (χ1n) is 13.2. The lowest BCUT2D eigenvalue weighted by Gasteiger charge is -2.30. The molecule has 11 heteroatoms. The van der Waals surface area contributed by atoms with Crippen molar-refractivity contribution in [2.45, 2.75) is 32.7 Å². The number of piperidine rings is 1. The van der Waals surface area contributed by atoms with Crippen molar-refractivity contribution < 1.29 is 24.0 Å². The van der Waals surface area contributed by atoms with Crippen LogP contribution in [0.2, 0.25) is 0 Å². The van der Waals surface area contributed by atoms with Crippen LogP contribution in [0, 0.1) is 18.8 Å². The summed E-state index contributed by atoms with van der Waals surface area (Å²) in [7, 11) is 1.64. The van der Waals surface area contributed by atoms with Gasteiger partial charge in [0.25, 0.3) is 6.47 Å². The van der Waals surface area contributed by atoms with Crippen LogP contribution >= 0.6 is 0 Å². The third-order valence-corrected chi connectivity index (χ3v) is 7.19. The lowest BCUT2D eigenvalue weighted by Crippen LogP contribution is -2.42. The second-order valence-corrected chi connectivity index (χ2v) is 9.96. The third kappa shape index (κ3) is 7.76. The van der Waals surface area contributed by atoms with Crippen LogP contribution < -0.4 is 15.0 Å². The van der Waals surface area contributed by atoms with Gasteiger partial charge in [-0.25, -0.2) is 0 Å². The van der Waals surface area contributed by atoms with Gasteiger partial charge in [-0.15, -0.1) is 0 Å². The maximum atomic E-state index is 12.8. The number of aromatic nitrogens is 3. The highest BCUT2D eigenvalue weighted by Crippen LogP contribution is 2.26.